The van der Waals surface area contributed by atoms with E-state index in [0.29, 0.717) is 17.1 Å². The molecule has 0 saturated carbocycles. The van der Waals surface area contributed by atoms with Crippen LogP contribution in [0, 0.1) is 29.6 Å². The monoisotopic (exact) mass is 243 g/mol. The first-order chi connectivity index (χ1) is 8.15. The molecule has 2 heterocycles. The van der Waals surface area contributed by atoms with Gasteiger partial charge in [0.2, 0.25) is 0 Å². The third-order valence-corrected chi connectivity index (χ3v) is 2.37. The van der Waals surface area contributed by atoms with Crippen LogP contribution in [0.15, 0.2) is 18.2 Å². The van der Waals surface area contributed by atoms with Crippen LogP contribution in [0.5, 0.6) is 0 Å². The van der Waals surface area contributed by atoms with Crippen molar-refractivity contribution in [1.29, 1.82) is 10.5 Å². The first kappa shape index (κ1) is 11.1. The molecule has 0 aliphatic heterocycles. The predicted molar refractivity (Wildman–Crippen MR) is 60.5 cm³/mol. The van der Waals surface area contributed by atoms with E-state index in [1.807, 2.05) is 12.1 Å². The average Bonchev–Trinajstić information content (AvgIpc) is 2.70. The smallest absolute Gasteiger partial charge is 0.173 e. The van der Waals surface area contributed by atoms with Gasteiger partial charge in [-0.3, -0.25) is 0 Å². The maximum atomic E-state index is 8.99. The van der Waals surface area contributed by atoms with Crippen LogP contribution in [-0.4, -0.2) is 14.8 Å². The molecule has 0 atom stereocenters. The van der Waals surface area contributed by atoms with Gasteiger partial charge in [-0.15, -0.1) is 0 Å². The highest BCUT2D eigenvalue weighted by Crippen LogP contribution is 2.17. The van der Waals surface area contributed by atoms with Gasteiger partial charge in [0.05, 0.1) is 5.56 Å². The zero-order valence-corrected chi connectivity index (χ0v) is 9.60. The first-order valence-corrected chi connectivity index (χ1v) is 5.07. The van der Waals surface area contributed by atoms with Crippen molar-refractivity contribution >= 4 is 11.6 Å². The number of hydrogen-bond acceptors (Lipinski definition) is 4. The quantitative estimate of drug-likeness (QED) is 0.718. The number of rotatable bonds is 1. The number of aryl methyl sites for hydroxylation is 1. The summed E-state index contributed by atoms with van der Waals surface area (Å²) in [6.07, 6.45) is 0. The van der Waals surface area contributed by atoms with E-state index in [1.54, 1.807) is 19.1 Å². The number of nitriles is 2. The van der Waals surface area contributed by atoms with Crippen molar-refractivity contribution in [3.8, 4) is 18.0 Å². The largest absolute Gasteiger partial charge is 0.217 e. The lowest BCUT2D eigenvalue weighted by Crippen LogP contribution is -2.04. The molecular weight excluding hydrogens is 238 g/mol. The highest BCUT2D eigenvalue weighted by atomic mass is 35.5. The molecule has 0 N–H and O–H groups in total. The molecular formula is C11H6ClN5. The van der Waals surface area contributed by atoms with Gasteiger partial charge in [-0.05, 0) is 25.1 Å². The van der Waals surface area contributed by atoms with Crippen molar-refractivity contribution in [2.45, 2.75) is 6.92 Å². The van der Waals surface area contributed by atoms with Gasteiger partial charge in [-0.2, -0.15) is 15.6 Å². The second kappa shape index (κ2) is 4.25. The number of pyridine rings is 1. The van der Waals surface area contributed by atoms with Crippen molar-refractivity contribution in [2.24, 2.45) is 0 Å². The Morgan fingerprint density at radius 1 is 1.29 bits per heavy atom. The van der Waals surface area contributed by atoms with Gasteiger partial charge in [0.15, 0.2) is 11.5 Å². The molecule has 0 aromatic carbocycles. The van der Waals surface area contributed by atoms with Crippen molar-refractivity contribution in [1.82, 2.24) is 14.8 Å². The maximum absolute atomic E-state index is 8.99. The number of aromatic nitrogens is 3. The summed E-state index contributed by atoms with van der Waals surface area (Å²) in [5, 5.41) is 22.1. The minimum Gasteiger partial charge on any atom is -0.217 e. The molecule has 2 rings (SSSR count). The minimum atomic E-state index is 0.271. The predicted octanol–water partition coefficient (Wildman–Crippen LogP) is 1.97. The lowest BCUT2D eigenvalue weighted by atomic mass is 10.3. The Morgan fingerprint density at radius 2 is 2.06 bits per heavy atom. The molecule has 0 aliphatic rings. The lowest BCUT2D eigenvalue weighted by molar-refractivity contribution is 0.810. The van der Waals surface area contributed by atoms with Crippen molar-refractivity contribution in [3.63, 3.8) is 0 Å². The molecule has 5 nitrogen and oxygen atoms in total. The van der Waals surface area contributed by atoms with E-state index in [-0.39, 0.29) is 10.8 Å². The highest BCUT2D eigenvalue weighted by molar-refractivity contribution is 6.29. The lowest BCUT2D eigenvalue weighted by Gasteiger charge is -2.05. The molecule has 0 aliphatic carbocycles. The molecule has 0 spiro atoms. The molecule has 2 aromatic rings. The molecule has 0 saturated heterocycles. The molecule has 0 bridgehead atoms. The van der Waals surface area contributed by atoms with Crippen LogP contribution in [0.2, 0.25) is 5.15 Å². The molecule has 6 heteroatoms. The van der Waals surface area contributed by atoms with Crippen LogP contribution in [-0.2, 0) is 0 Å². The van der Waals surface area contributed by atoms with Gasteiger partial charge < -0.3 is 0 Å². The van der Waals surface area contributed by atoms with Crippen LogP contribution in [0.25, 0.3) is 5.82 Å². The van der Waals surface area contributed by atoms with Crippen LogP contribution < -0.4 is 0 Å². The molecule has 2 aromatic heterocycles. The Morgan fingerprint density at radius 3 is 2.65 bits per heavy atom. The highest BCUT2D eigenvalue weighted by Gasteiger charge is 2.12. The van der Waals surface area contributed by atoms with Crippen molar-refractivity contribution in [2.75, 3.05) is 0 Å². The van der Waals surface area contributed by atoms with E-state index >= 15 is 0 Å². The van der Waals surface area contributed by atoms with E-state index in [4.69, 9.17) is 22.1 Å². The Bertz CT molecular complexity index is 659. The summed E-state index contributed by atoms with van der Waals surface area (Å²) in [7, 11) is 0. The summed E-state index contributed by atoms with van der Waals surface area (Å²) in [6, 6.07) is 8.66. The fourth-order valence-electron chi connectivity index (χ4n) is 1.42. The Labute approximate surface area is 102 Å². The topological polar surface area (TPSA) is 78.3 Å². The normalized spacial score (nSPS) is 9.65. The number of halogens is 1. The zero-order valence-electron chi connectivity index (χ0n) is 8.85. The molecule has 0 amide bonds. The summed E-state index contributed by atoms with van der Waals surface area (Å²) < 4.78 is 1.43. The van der Waals surface area contributed by atoms with E-state index < -0.39 is 0 Å². The van der Waals surface area contributed by atoms with Crippen LogP contribution >= 0.6 is 11.6 Å². The van der Waals surface area contributed by atoms with Crippen LogP contribution in [0.3, 0.4) is 0 Å². The van der Waals surface area contributed by atoms with Gasteiger partial charge in [0.1, 0.15) is 17.3 Å². The van der Waals surface area contributed by atoms with E-state index in [9.17, 15) is 0 Å². The van der Waals surface area contributed by atoms with E-state index in [0.717, 1.165) is 0 Å². The fourth-order valence-corrected chi connectivity index (χ4v) is 1.56. The maximum Gasteiger partial charge on any atom is 0.173 e. The van der Waals surface area contributed by atoms with Gasteiger partial charge in [-0.25, -0.2) is 9.67 Å². The number of hydrogen-bond donors (Lipinski definition) is 0. The third-order valence-electron chi connectivity index (χ3n) is 2.16. The van der Waals surface area contributed by atoms with Crippen LogP contribution in [0.1, 0.15) is 17.0 Å². The Hall–Kier alpha value is -2.37. The standard InChI is InChI=1S/C11H6ClN5/c1-7-4-9(6-14)16-17(7)11-8(5-13)2-3-10(12)15-11/h2-4H,1H3. The molecule has 17 heavy (non-hydrogen) atoms. The Kier molecular flexibility index (Phi) is 2.78. The minimum absolute atomic E-state index is 0.271. The van der Waals surface area contributed by atoms with Gasteiger partial charge in [-0.1, -0.05) is 11.6 Å². The number of nitrogens with zero attached hydrogens (tertiary/aromatic N) is 5. The molecule has 0 fully saturated rings. The average molecular weight is 244 g/mol. The van der Waals surface area contributed by atoms with Crippen molar-refractivity contribution < 1.29 is 0 Å². The summed E-state index contributed by atoms with van der Waals surface area (Å²) >= 11 is 5.79. The summed E-state index contributed by atoms with van der Waals surface area (Å²) in [4.78, 5) is 4.06. The fraction of sp³-hybridized carbons (Fsp3) is 0.0909. The SMILES string of the molecule is Cc1cc(C#N)nn1-c1nc(Cl)ccc1C#N. The Balaban J connectivity index is 2.68. The van der Waals surface area contributed by atoms with Crippen molar-refractivity contribution in [3.05, 3.63) is 40.3 Å². The first-order valence-electron chi connectivity index (χ1n) is 4.69. The van der Waals surface area contributed by atoms with Crippen LogP contribution in [0.4, 0.5) is 0 Å². The zero-order chi connectivity index (χ0) is 12.4. The molecule has 0 unspecified atom stereocenters. The van der Waals surface area contributed by atoms with Gasteiger partial charge >= 0.3 is 0 Å². The van der Waals surface area contributed by atoms with E-state index in [2.05, 4.69) is 10.1 Å². The van der Waals surface area contributed by atoms with Gasteiger partial charge in [0.25, 0.3) is 0 Å². The van der Waals surface area contributed by atoms with Gasteiger partial charge in [0, 0.05) is 5.69 Å². The second-order valence-electron chi connectivity index (χ2n) is 3.31. The molecule has 82 valence electrons. The molecule has 0 radical (unpaired) electrons. The summed E-state index contributed by atoms with van der Waals surface area (Å²) in [5.74, 6) is 0.332. The van der Waals surface area contributed by atoms with E-state index in [1.165, 1.54) is 10.7 Å². The summed E-state index contributed by atoms with van der Waals surface area (Å²) in [5.41, 5.74) is 1.34. The third kappa shape index (κ3) is 1.96. The second-order valence-corrected chi connectivity index (χ2v) is 3.70. The summed E-state index contributed by atoms with van der Waals surface area (Å²) in [6.45, 7) is 1.78.